The number of benzene rings is 1. The number of carbonyl (C=O) groups excluding carboxylic acids is 2. The van der Waals surface area contributed by atoms with Crippen molar-refractivity contribution in [2.75, 3.05) is 13.2 Å². The molecule has 2 aliphatic heterocycles. The predicted octanol–water partition coefficient (Wildman–Crippen LogP) is 2.38. The standard InChI is InChI=1S/C15H16BrNO3/c16-11-3-1-10(2-4-11)13-14(19)17-12(18)9-15(13)5-7-20-8-6-15/h1-4,13H,5-9H2,(H,17,18,19). The van der Waals surface area contributed by atoms with Gasteiger partial charge in [0.15, 0.2) is 0 Å². The van der Waals surface area contributed by atoms with Gasteiger partial charge in [-0.15, -0.1) is 0 Å². The van der Waals surface area contributed by atoms with Crippen LogP contribution in [-0.2, 0) is 14.3 Å². The van der Waals surface area contributed by atoms with Gasteiger partial charge in [-0.25, -0.2) is 0 Å². The molecule has 1 aromatic rings. The molecular formula is C15H16BrNO3. The molecule has 2 amide bonds. The molecule has 1 atom stereocenters. The summed E-state index contributed by atoms with van der Waals surface area (Å²) < 4.78 is 6.40. The Labute approximate surface area is 126 Å². The third kappa shape index (κ3) is 2.40. The number of rotatable bonds is 1. The van der Waals surface area contributed by atoms with Crippen molar-refractivity contribution in [3.8, 4) is 0 Å². The molecule has 1 aromatic carbocycles. The number of hydrogen-bond donors (Lipinski definition) is 1. The molecule has 2 heterocycles. The Hall–Kier alpha value is -1.20. The molecule has 3 rings (SSSR count). The van der Waals surface area contributed by atoms with Crippen molar-refractivity contribution in [2.45, 2.75) is 25.2 Å². The van der Waals surface area contributed by atoms with E-state index in [0.717, 1.165) is 22.9 Å². The summed E-state index contributed by atoms with van der Waals surface area (Å²) >= 11 is 3.41. The largest absolute Gasteiger partial charge is 0.381 e. The second-order valence-electron chi connectivity index (χ2n) is 5.55. The number of hydrogen-bond acceptors (Lipinski definition) is 3. The Morgan fingerprint density at radius 3 is 2.45 bits per heavy atom. The Morgan fingerprint density at radius 1 is 1.15 bits per heavy atom. The van der Waals surface area contributed by atoms with E-state index in [0.29, 0.717) is 19.6 Å². The van der Waals surface area contributed by atoms with Crippen LogP contribution in [0.2, 0.25) is 0 Å². The monoisotopic (exact) mass is 337 g/mol. The Bertz CT molecular complexity index is 535. The fourth-order valence-electron chi connectivity index (χ4n) is 3.36. The van der Waals surface area contributed by atoms with Crippen LogP contribution in [0.3, 0.4) is 0 Å². The summed E-state index contributed by atoms with van der Waals surface area (Å²) in [7, 11) is 0. The summed E-state index contributed by atoms with van der Waals surface area (Å²) in [4.78, 5) is 24.2. The van der Waals surface area contributed by atoms with Crippen LogP contribution < -0.4 is 5.32 Å². The summed E-state index contributed by atoms with van der Waals surface area (Å²) in [5.41, 5.74) is 0.686. The molecule has 2 fully saturated rings. The Balaban J connectivity index is 2.01. The first-order chi connectivity index (χ1) is 9.61. The van der Waals surface area contributed by atoms with Crippen LogP contribution >= 0.6 is 15.9 Å². The highest BCUT2D eigenvalue weighted by Crippen LogP contribution is 2.48. The zero-order valence-corrected chi connectivity index (χ0v) is 12.6. The number of piperidine rings is 1. The molecule has 0 aromatic heterocycles. The first-order valence-electron chi connectivity index (χ1n) is 6.78. The molecule has 5 heteroatoms. The van der Waals surface area contributed by atoms with Crippen LogP contribution in [0.1, 0.15) is 30.7 Å². The second kappa shape index (κ2) is 5.30. The van der Waals surface area contributed by atoms with Crippen molar-refractivity contribution in [3.63, 3.8) is 0 Å². The number of carbonyl (C=O) groups is 2. The van der Waals surface area contributed by atoms with Gasteiger partial charge in [-0.1, -0.05) is 28.1 Å². The summed E-state index contributed by atoms with van der Waals surface area (Å²) in [6, 6.07) is 7.79. The van der Waals surface area contributed by atoms with E-state index in [1.807, 2.05) is 24.3 Å². The van der Waals surface area contributed by atoms with Gasteiger partial charge in [0.2, 0.25) is 11.8 Å². The third-order valence-electron chi connectivity index (χ3n) is 4.34. The lowest BCUT2D eigenvalue weighted by molar-refractivity contribution is -0.143. The van der Waals surface area contributed by atoms with Gasteiger partial charge in [0, 0.05) is 24.1 Å². The van der Waals surface area contributed by atoms with Crippen molar-refractivity contribution in [2.24, 2.45) is 5.41 Å². The van der Waals surface area contributed by atoms with Crippen LogP contribution in [0.4, 0.5) is 0 Å². The van der Waals surface area contributed by atoms with Gasteiger partial charge in [0.1, 0.15) is 0 Å². The fourth-order valence-corrected chi connectivity index (χ4v) is 3.62. The minimum Gasteiger partial charge on any atom is -0.381 e. The highest BCUT2D eigenvalue weighted by molar-refractivity contribution is 9.10. The molecule has 2 saturated heterocycles. The minimum absolute atomic E-state index is 0.162. The molecule has 1 N–H and O–H groups in total. The topological polar surface area (TPSA) is 55.4 Å². The zero-order valence-electron chi connectivity index (χ0n) is 11.0. The lowest BCUT2D eigenvalue weighted by Gasteiger charge is -2.45. The van der Waals surface area contributed by atoms with E-state index in [1.165, 1.54) is 0 Å². The first kappa shape index (κ1) is 13.8. The van der Waals surface area contributed by atoms with E-state index in [4.69, 9.17) is 4.74 Å². The van der Waals surface area contributed by atoms with Crippen LogP contribution in [0.15, 0.2) is 28.7 Å². The summed E-state index contributed by atoms with van der Waals surface area (Å²) in [5.74, 6) is -0.604. The van der Waals surface area contributed by atoms with Crippen LogP contribution in [-0.4, -0.2) is 25.0 Å². The Morgan fingerprint density at radius 2 is 1.80 bits per heavy atom. The van der Waals surface area contributed by atoms with Gasteiger partial charge in [0.25, 0.3) is 0 Å². The normalized spacial score (nSPS) is 25.6. The molecule has 0 radical (unpaired) electrons. The lowest BCUT2D eigenvalue weighted by atomic mass is 9.63. The quantitative estimate of drug-likeness (QED) is 0.800. The van der Waals surface area contributed by atoms with E-state index in [2.05, 4.69) is 21.2 Å². The molecule has 0 bridgehead atoms. The van der Waals surface area contributed by atoms with Crippen LogP contribution in [0.25, 0.3) is 0 Å². The second-order valence-corrected chi connectivity index (χ2v) is 6.46. The van der Waals surface area contributed by atoms with Crippen molar-refractivity contribution >= 4 is 27.7 Å². The van der Waals surface area contributed by atoms with E-state index in [9.17, 15) is 9.59 Å². The van der Waals surface area contributed by atoms with Gasteiger partial charge in [0.05, 0.1) is 5.92 Å². The highest BCUT2D eigenvalue weighted by Gasteiger charge is 2.49. The number of nitrogens with one attached hydrogen (secondary N) is 1. The van der Waals surface area contributed by atoms with Gasteiger partial charge >= 0.3 is 0 Å². The van der Waals surface area contributed by atoms with E-state index < -0.39 is 0 Å². The van der Waals surface area contributed by atoms with E-state index >= 15 is 0 Å². The molecular weight excluding hydrogens is 322 g/mol. The number of halogens is 1. The van der Waals surface area contributed by atoms with Gasteiger partial charge in [-0.2, -0.15) is 0 Å². The number of imide groups is 1. The van der Waals surface area contributed by atoms with Crippen LogP contribution in [0.5, 0.6) is 0 Å². The number of amides is 2. The van der Waals surface area contributed by atoms with Crippen molar-refractivity contribution in [1.29, 1.82) is 0 Å². The van der Waals surface area contributed by atoms with Crippen LogP contribution in [0, 0.1) is 5.41 Å². The molecule has 2 aliphatic rings. The average Bonchev–Trinajstić information content (AvgIpc) is 2.41. The van der Waals surface area contributed by atoms with E-state index in [1.54, 1.807) is 0 Å². The fraction of sp³-hybridized carbons (Fsp3) is 0.467. The van der Waals surface area contributed by atoms with Gasteiger partial charge in [-0.05, 0) is 36.0 Å². The van der Waals surface area contributed by atoms with Crippen molar-refractivity contribution < 1.29 is 14.3 Å². The smallest absolute Gasteiger partial charge is 0.234 e. The minimum atomic E-state index is -0.286. The maximum Gasteiger partial charge on any atom is 0.234 e. The SMILES string of the molecule is O=C1CC2(CCOCC2)C(c2ccc(Br)cc2)C(=O)N1. The molecule has 1 unspecified atom stereocenters. The van der Waals surface area contributed by atoms with E-state index in [-0.39, 0.29) is 23.1 Å². The summed E-state index contributed by atoms with van der Waals surface area (Å²) in [6.07, 6.45) is 1.92. The molecule has 0 aliphatic carbocycles. The van der Waals surface area contributed by atoms with Gasteiger partial charge < -0.3 is 4.74 Å². The molecule has 0 saturated carbocycles. The summed E-state index contributed by atoms with van der Waals surface area (Å²) in [5, 5.41) is 2.48. The molecule has 20 heavy (non-hydrogen) atoms. The molecule has 106 valence electrons. The molecule has 4 nitrogen and oxygen atoms in total. The molecule has 1 spiro atoms. The predicted molar refractivity (Wildman–Crippen MR) is 77.1 cm³/mol. The summed E-state index contributed by atoms with van der Waals surface area (Å²) in [6.45, 7) is 1.24. The number of ether oxygens (including phenoxy) is 1. The van der Waals surface area contributed by atoms with Crippen molar-refractivity contribution in [3.05, 3.63) is 34.3 Å². The highest BCUT2D eigenvalue weighted by atomic mass is 79.9. The maximum absolute atomic E-state index is 12.4. The average molecular weight is 338 g/mol. The first-order valence-corrected chi connectivity index (χ1v) is 7.57. The lowest BCUT2D eigenvalue weighted by Crippen LogP contribution is -2.52. The maximum atomic E-state index is 12.4. The van der Waals surface area contributed by atoms with Gasteiger partial charge in [-0.3, -0.25) is 14.9 Å². The zero-order chi connectivity index (χ0) is 14.2. The van der Waals surface area contributed by atoms with Crippen molar-refractivity contribution in [1.82, 2.24) is 5.32 Å². The third-order valence-corrected chi connectivity index (χ3v) is 4.87. The Kier molecular flexibility index (Phi) is 3.65.